The molecule has 0 unspecified atom stereocenters. The lowest BCUT2D eigenvalue weighted by Gasteiger charge is -2.31. The predicted octanol–water partition coefficient (Wildman–Crippen LogP) is 10.2. The van der Waals surface area contributed by atoms with Gasteiger partial charge in [-0.2, -0.15) is 34.8 Å². The third kappa shape index (κ3) is 9.75. The van der Waals surface area contributed by atoms with Crippen molar-refractivity contribution in [3.63, 3.8) is 0 Å². The van der Waals surface area contributed by atoms with E-state index in [-0.39, 0.29) is 77.7 Å². The molecule has 0 aliphatic carbocycles. The Morgan fingerprint density at radius 1 is 0.739 bits per heavy atom. The number of aromatic nitrogens is 6. The van der Waals surface area contributed by atoms with E-state index in [0.717, 1.165) is 18.2 Å². The van der Waals surface area contributed by atoms with E-state index in [9.17, 15) is 35.9 Å². The van der Waals surface area contributed by atoms with Crippen molar-refractivity contribution >= 4 is 96.8 Å². The minimum absolute atomic E-state index is 0.0491. The SMILES string of the molecule is CC1(C)CC(=O)Nc2nc(-n3nc(Cc4c(F)ccc(F)c4F)c4cc(Cl)ccc43)nc(N)c21.CC1(C)CC(=O)Nc2nc(N/N=C(/Cc3c(F)ccc(F)c3F)c3cc(Cl)ccc3Br)nc(N)c21. The number of carbonyl (C=O) groups excluding carboxylic acids is 2. The molecule has 0 fully saturated rings. The highest BCUT2D eigenvalue weighted by atomic mass is 79.9. The highest BCUT2D eigenvalue weighted by molar-refractivity contribution is 9.10. The molecule has 0 spiro atoms. The minimum atomic E-state index is -1.32. The molecule has 69 heavy (non-hydrogen) atoms. The molecule has 0 bridgehead atoms. The monoisotopic (exact) mass is 1050 g/mol. The lowest BCUT2D eigenvalue weighted by molar-refractivity contribution is -0.118. The van der Waals surface area contributed by atoms with Crippen molar-refractivity contribution in [2.24, 2.45) is 5.10 Å². The molecule has 5 heterocycles. The summed E-state index contributed by atoms with van der Waals surface area (Å²) in [6, 6.07) is 12.7. The molecule has 0 atom stereocenters. The summed E-state index contributed by atoms with van der Waals surface area (Å²) in [6.45, 7) is 7.45. The summed E-state index contributed by atoms with van der Waals surface area (Å²) in [6.07, 6.45) is -0.323. The Labute approximate surface area is 407 Å². The van der Waals surface area contributed by atoms with Gasteiger partial charge in [0.25, 0.3) is 5.95 Å². The minimum Gasteiger partial charge on any atom is -0.383 e. The fourth-order valence-corrected chi connectivity index (χ4v) is 9.02. The van der Waals surface area contributed by atoms with Crippen LogP contribution in [0.15, 0.2) is 70.2 Å². The van der Waals surface area contributed by atoms with Gasteiger partial charge in [0.05, 0.1) is 16.9 Å². The molecule has 0 saturated carbocycles. The molecule has 3 aromatic heterocycles. The van der Waals surface area contributed by atoms with Crippen molar-refractivity contribution in [1.82, 2.24) is 29.7 Å². The summed E-state index contributed by atoms with van der Waals surface area (Å²) >= 11 is 15.7. The summed E-state index contributed by atoms with van der Waals surface area (Å²) in [5, 5.41) is 15.3. The van der Waals surface area contributed by atoms with Crippen LogP contribution in [0.1, 0.15) is 74.0 Å². The van der Waals surface area contributed by atoms with Crippen molar-refractivity contribution in [2.75, 3.05) is 27.5 Å². The number of nitrogen functional groups attached to an aromatic ring is 2. The van der Waals surface area contributed by atoms with Crippen LogP contribution in [0.4, 0.5) is 55.6 Å². The molecule has 4 aromatic carbocycles. The van der Waals surface area contributed by atoms with Crippen LogP contribution in [0.2, 0.25) is 10.0 Å². The maximum Gasteiger partial charge on any atom is 0.255 e. The molecule has 14 nitrogen and oxygen atoms in total. The van der Waals surface area contributed by atoms with Crippen LogP contribution in [0.25, 0.3) is 16.9 Å². The van der Waals surface area contributed by atoms with Gasteiger partial charge in [0, 0.05) is 84.2 Å². The van der Waals surface area contributed by atoms with Crippen molar-refractivity contribution in [3.8, 4) is 5.95 Å². The number of nitrogens with one attached hydrogen (secondary N) is 3. The standard InChI is InChI=1S/C23H19BrClF3N6O.C23H18ClF3N6O/c1-23(2)9-17(35)30-21-18(23)20(29)31-22(32-21)34-33-16(11-7-10(25)3-4-13(11)24)8-12-14(26)5-6-15(27)19(12)28;1-23(2)9-17(34)29-21-18(23)20(28)30-22(31-21)33-16-6-3-10(24)7-12(16)15(32-33)8-11-13(25)4-5-14(26)19(11)27/h3-7H,8-9H2,1-2H3,(H4,29,30,31,32,34,35);3-7H,8-9H2,1-2H3,(H3,28,29,30,31,34)/b33-16-;. The zero-order valence-corrected chi connectivity index (χ0v) is 39.7. The van der Waals surface area contributed by atoms with Crippen LogP contribution < -0.4 is 27.5 Å². The van der Waals surface area contributed by atoms with Gasteiger partial charge in [0.1, 0.15) is 34.9 Å². The van der Waals surface area contributed by atoms with Gasteiger partial charge in [-0.15, -0.1) is 0 Å². The number of nitrogens with zero attached hydrogens (tertiary/aromatic N) is 7. The molecule has 2 amide bonds. The van der Waals surface area contributed by atoms with E-state index in [2.05, 4.69) is 62.1 Å². The zero-order chi connectivity index (χ0) is 49.9. The molecule has 2 aliphatic rings. The van der Waals surface area contributed by atoms with Crippen molar-refractivity contribution in [3.05, 3.63) is 144 Å². The number of anilines is 5. The average molecular weight is 1050 g/mol. The number of amides is 2. The van der Waals surface area contributed by atoms with Crippen molar-refractivity contribution < 1.29 is 35.9 Å². The van der Waals surface area contributed by atoms with Gasteiger partial charge in [-0.25, -0.2) is 31.8 Å². The van der Waals surface area contributed by atoms with E-state index < -0.39 is 63.3 Å². The number of halogens is 9. The Morgan fingerprint density at radius 3 is 1.91 bits per heavy atom. The maximum absolute atomic E-state index is 14.4. The Hall–Kier alpha value is -6.84. The molecule has 23 heteroatoms. The van der Waals surface area contributed by atoms with E-state index in [1.807, 2.05) is 27.7 Å². The first-order valence-corrected chi connectivity index (χ1v) is 22.2. The third-order valence-electron chi connectivity index (χ3n) is 11.3. The molecule has 356 valence electrons. The van der Waals surface area contributed by atoms with E-state index in [1.54, 1.807) is 30.3 Å². The van der Waals surface area contributed by atoms with Crippen LogP contribution in [-0.4, -0.2) is 47.2 Å². The van der Waals surface area contributed by atoms with Gasteiger partial charge >= 0.3 is 0 Å². The van der Waals surface area contributed by atoms with Crippen LogP contribution in [-0.2, 0) is 33.3 Å². The Kier molecular flexibility index (Phi) is 13.1. The summed E-state index contributed by atoms with van der Waals surface area (Å²) in [5.41, 5.74) is 15.3. The van der Waals surface area contributed by atoms with Crippen molar-refractivity contribution in [1.29, 1.82) is 0 Å². The number of hydrogen-bond acceptors (Lipinski definition) is 11. The molecule has 0 radical (unpaired) electrons. The molecule has 0 saturated heterocycles. The molecular formula is C46H37BrCl2F6N12O2. The highest BCUT2D eigenvalue weighted by Crippen LogP contribution is 2.41. The van der Waals surface area contributed by atoms with E-state index in [0.29, 0.717) is 48.2 Å². The van der Waals surface area contributed by atoms with Gasteiger partial charge in [0.2, 0.25) is 17.8 Å². The number of hydrazone groups is 1. The number of nitrogens with two attached hydrogens (primary N) is 2. The molecule has 7 N–H and O–H groups in total. The second-order valence-corrected chi connectivity index (χ2v) is 19.0. The molecule has 2 aliphatic heterocycles. The smallest absolute Gasteiger partial charge is 0.255 e. The number of hydrogen-bond donors (Lipinski definition) is 5. The van der Waals surface area contributed by atoms with Crippen LogP contribution in [0, 0.1) is 34.9 Å². The van der Waals surface area contributed by atoms with Gasteiger partial charge in [-0.3, -0.25) is 9.59 Å². The average Bonchev–Trinajstić information content (AvgIpc) is 3.61. The Bertz CT molecular complexity index is 3320. The quantitative estimate of drug-likeness (QED) is 0.0422. The van der Waals surface area contributed by atoms with Crippen LogP contribution in [0.5, 0.6) is 0 Å². The number of rotatable bonds is 8. The largest absolute Gasteiger partial charge is 0.383 e. The van der Waals surface area contributed by atoms with E-state index >= 15 is 0 Å². The van der Waals surface area contributed by atoms with Gasteiger partial charge < -0.3 is 22.1 Å². The Morgan fingerprint density at radius 2 is 1.28 bits per heavy atom. The Balaban J connectivity index is 0.000000186. The molecule has 9 rings (SSSR count). The van der Waals surface area contributed by atoms with E-state index in [4.69, 9.17) is 34.7 Å². The lowest BCUT2D eigenvalue weighted by Crippen LogP contribution is -2.35. The normalized spacial score (nSPS) is 14.9. The highest BCUT2D eigenvalue weighted by Gasteiger charge is 2.37. The third-order valence-corrected chi connectivity index (χ3v) is 12.5. The first-order valence-electron chi connectivity index (χ1n) is 20.7. The summed E-state index contributed by atoms with van der Waals surface area (Å²) in [7, 11) is 0. The van der Waals surface area contributed by atoms with Crippen molar-refractivity contribution in [2.45, 2.75) is 64.2 Å². The zero-order valence-electron chi connectivity index (χ0n) is 36.6. The van der Waals surface area contributed by atoms with E-state index in [1.165, 1.54) is 10.7 Å². The second-order valence-electron chi connectivity index (χ2n) is 17.3. The van der Waals surface area contributed by atoms with Gasteiger partial charge in [-0.05, 0) is 60.7 Å². The van der Waals surface area contributed by atoms with Gasteiger partial charge in [0.15, 0.2) is 23.3 Å². The molecule has 7 aromatic rings. The molecular weight excluding hydrogens is 1020 g/mol. The topological polar surface area (TPSA) is 204 Å². The first-order chi connectivity index (χ1) is 32.5. The first kappa shape index (κ1) is 48.6. The van der Waals surface area contributed by atoms with Gasteiger partial charge in [-0.1, -0.05) is 66.8 Å². The second kappa shape index (κ2) is 18.6. The van der Waals surface area contributed by atoms with Crippen LogP contribution in [0.3, 0.4) is 0 Å². The fourth-order valence-electron chi connectivity index (χ4n) is 8.20. The number of carbonyl (C=O) groups is 2. The maximum atomic E-state index is 14.4. The summed E-state index contributed by atoms with van der Waals surface area (Å²) < 4.78 is 86.9. The number of benzene rings is 4. The lowest BCUT2D eigenvalue weighted by atomic mass is 9.79. The summed E-state index contributed by atoms with van der Waals surface area (Å²) in [4.78, 5) is 41.7. The summed E-state index contributed by atoms with van der Waals surface area (Å²) in [5.74, 6) is -6.43. The fraction of sp³-hybridized carbons (Fsp3) is 0.217. The number of fused-ring (bicyclic) bond motifs is 3. The predicted molar refractivity (Wildman–Crippen MR) is 254 cm³/mol. The van der Waals surface area contributed by atoms with Crippen LogP contribution >= 0.6 is 39.1 Å².